The average molecular weight is 329 g/mol. The van der Waals surface area contributed by atoms with Gasteiger partial charge < -0.3 is 5.21 Å². The lowest BCUT2D eigenvalue weighted by Gasteiger charge is -2.11. The van der Waals surface area contributed by atoms with Gasteiger partial charge in [-0.15, -0.1) is 0 Å². The Morgan fingerprint density at radius 3 is 2.83 bits per heavy atom. The van der Waals surface area contributed by atoms with Gasteiger partial charge in [0, 0.05) is 22.5 Å². The number of benzene rings is 1. The first kappa shape index (κ1) is 15.2. The Kier molecular flexibility index (Phi) is 4.08. The third-order valence-corrected chi connectivity index (χ3v) is 3.69. The zero-order valence-electron chi connectivity index (χ0n) is 12.3. The summed E-state index contributed by atoms with van der Waals surface area (Å²) in [5.41, 5.74) is 1.82. The molecule has 0 unspecified atom stereocenters. The van der Waals surface area contributed by atoms with Gasteiger partial charge in [-0.1, -0.05) is 28.9 Å². The number of rotatable bonds is 3. The van der Waals surface area contributed by atoms with E-state index >= 15 is 0 Å². The number of nitrogens with zero attached hydrogens (tertiary/aromatic N) is 4. The number of hydrogen-bond donors (Lipinski definition) is 1. The molecule has 0 saturated heterocycles. The lowest BCUT2D eigenvalue weighted by atomic mass is 10.1. The van der Waals surface area contributed by atoms with Gasteiger partial charge in [0.05, 0.1) is 17.6 Å². The molecule has 0 bridgehead atoms. The van der Waals surface area contributed by atoms with Crippen molar-refractivity contribution in [1.82, 2.24) is 14.5 Å². The van der Waals surface area contributed by atoms with E-state index in [1.54, 1.807) is 30.3 Å². The molecule has 7 heteroatoms. The molecular weight excluding hydrogens is 316 g/mol. The Hall–Kier alpha value is -2.73. The highest BCUT2D eigenvalue weighted by Gasteiger charge is 2.13. The molecule has 1 N–H and O–H groups in total. The Labute approximate surface area is 136 Å². The zero-order valence-corrected chi connectivity index (χ0v) is 13.0. The molecule has 3 rings (SSSR count). The maximum atomic E-state index is 12.3. The third kappa shape index (κ3) is 2.80. The van der Waals surface area contributed by atoms with Gasteiger partial charge in [0.25, 0.3) is 0 Å². The molecule has 0 saturated carbocycles. The minimum atomic E-state index is -0.388. The minimum Gasteiger partial charge on any atom is -0.411 e. The molecule has 1 aromatic carbocycles. The first-order chi connectivity index (χ1) is 11.1. The molecular formula is C16H13ClN4O2. The fraction of sp³-hybridized carbons (Fsp3) is 0.125. The normalized spacial score (nSPS) is 11.4. The smallest absolute Gasteiger partial charge is 0.349 e. The summed E-state index contributed by atoms with van der Waals surface area (Å²) < 4.78 is 1.47. The van der Waals surface area contributed by atoms with E-state index < -0.39 is 0 Å². The van der Waals surface area contributed by atoms with Crippen molar-refractivity contribution >= 4 is 28.8 Å². The summed E-state index contributed by atoms with van der Waals surface area (Å²) in [5.74, 6) is 0. The second-order valence-corrected chi connectivity index (χ2v) is 5.29. The van der Waals surface area contributed by atoms with Crippen molar-refractivity contribution < 1.29 is 5.21 Å². The Bertz CT molecular complexity index is 966. The first-order valence-electron chi connectivity index (χ1n) is 6.99. The van der Waals surface area contributed by atoms with E-state index in [1.807, 2.05) is 13.0 Å². The highest BCUT2D eigenvalue weighted by Crippen LogP contribution is 2.26. The average Bonchev–Trinajstić information content (AvgIpc) is 2.54. The highest BCUT2D eigenvalue weighted by molar-refractivity contribution is 6.30. The van der Waals surface area contributed by atoms with Gasteiger partial charge in [-0.3, -0.25) is 4.57 Å². The molecule has 3 aromatic rings. The largest absolute Gasteiger partial charge is 0.411 e. The molecule has 2 heterocycles. The summed E-state index contributed by atoms with van der Waals surface area (Å²) in [4.78, 5) is 20.9. The van der Waals surface area contributed by atoms with E-state index in [1.165, 1.54) is 10.8 Å². The Balaban J connectivity index is 2.38. The topological polar surface area (TPSA) is 80.4 Å². The number of oxime groups is 1. The number of halogens is 1. The van der Waals surface area contributed by atoms with Crippen LogP contribution in [-0.4, -0.2) is 26.0 Å². The van der Waals surface area contributed by atoms with Crippen LogP contribution in [0.5, 0.6) is 0 Å². The van der Waals surface area contributed by atoms with Gasteiger partial charge in [-0.05, 0) is 31.2 Å². The van der Waals surface area contributed by atoms with Crippen molar-refractivity contribution in [2.75, 3.05) is 0 Å². The van der Waals surface area contributed by atoms with E-state index in [2.05, 4.69) is 15.1 Å². The van der Waals surface area contributed by atoms with Crippen LogP contribution in [0.25, 0.3) is 22.3 Å². The predicted octanol–water partition coefficient (Wildman–Crippen LogP) is 2.94. The van der Waals surface area contributed by atoms with Crippen molar-refractivity contribution in [1.29, 1.82) is 0 Å². The highest BCUT2D eigenvalue weighted by atomic mass is 35.5. The molecule has 23 heavy (non-hydrogen) atoms. The van der Waals surface area contributed by atoms with Crippen LogP contribution >= 0.6 is 11.6 Å². The van der Waals surface area contributed by atoms with E-state index in [-0.39, 0.29) is 5.69 Å². The summed E-state index contributed by atoms with van der Waals surface area (Å²) in [6, 6.07) is 10.6. The van der Waals surface area contributed by atoms with Crippen LogP contribution < -0.4 is 5.69 Å². The Morgan fingerprint density at radius 2 is 2.13 bits per heavy atom. The van der Waals surface area contributed by atoms with Crippen LogP contribution in [0.1, 0.15) is 12.6 Å². The van der Waals surface area contributed by atoms with Crippen molar-refractivity contribution in [2.24, 2.45) is 5.16 Å². The van der Waals surface area contributed by atoms with E-state index in [4.69, 9.17) is 16.8 Å². The Morgan fingerprint density at radius 1 is 1.30 bits per heavy atom. The lowest BCUT2D eigenvalue weighted by Crippen LogP contribution is -2.24. The second-order valence-electron chi connectivity index (χ2n) is 4.85. The number of fused-ring (bicyclic) bond motifs is 1. The van der Waals surface area contributed by atoms with Crippen molar-refractivity contribution in [2.45, 2.75) is 13.5 Å². The second kappa shape index (κ2) is 6.18. The van der Waals surface area contributed by atoms with E-state index in [9.17, 15) is 4.79 Å². The van der Waals surface area contributed by atoms with Gasteiger partial charge in [-0.25, -0.2) is 9.78 Å². The maximum Gasteiger partial charge on any atom is 0.349 e. The van der Waals surface area contributed by atoms with E-state index in [0.717, 1.165) is 10.9 Å². The zero-order chi connectivity index (χ0) is 16.4. The van der Waals surface area contributed by atoms with Crippen LogP contribution in [0, 0.1) is 0 Å². The van der Waals surface area contributed by atoms with Crippen LogP contribution in [0.15, 0.2) is 46.3 Å². The fourth-order valence-electron chi connectivity index (χ4n) is 2.43. The van der Waals surface area contributed by atoms with Crippen molar-refractivity contribution in [3.8, 4) is 11.3 Å². The summed E-state index contributed by atoms with van der Waals surface area (Å²) >= 11 is 6.04. The van der Waals surface area contributed by atoms with Crippen LogP contribution in [0.4, 0.5) is 0 Å². The maximum absolute atomic E-state index is 12.3. The van der Waals surface area contributed by atoms with Crippen LogP contribution in [-0.2, 0) is 6.54 Å². The summed E-state index contributed by atoms with van der Waals surface area (Å²) in [5, 5.41) is 12.9. The molecule has 0 fully saturated rings. The molecule has 0 amide bonds. The van der Waals surface area contributed by atoms with Gasteiger partial charge in [-0.2, -0.15) is 4.98 Å². The summed E-state index contributed by atoms with van der Waals surface area (Å²) in [6.07, 6.45) is 1.21. The minimum absolute atomic E-state index is 0.388. The quantitative estimate of drug-likeness (QED) is 0.455. The third-order valence-electron chi connectivity index (χ3n) is 3.45. The number of aryl methyl sites for hydroxylation is 1. The predicted molar refractivity (Wildman–Crippen MR) is 89.3 cm³/mol. The molecule has 0 aliphatic heterocycles. The van der Waals surface area contributed by atoms with Crippen LogP contribution in [0.2, 0.25) is 5.02 Å². The van der Waals surface area contributed by atoms with Gasteiger partial charge in [0.1, 0.15) is 5.65 Å². The first-order valence-corrected chi connectivity index (χ1v) is 7.36. The van der Waals surface area contributed by atoms with Crippen LogP contribution in [0.3, 0.4) is 0 Å². The van der Waals surface area contributed by atoms with Crippen molar-refractivity contribution in [3.63, 3.8) is 0 Å². The molecule has 0 atom stereocenters. The number of hydrogen-bond acceptors (Lipinski definition) is 5. The summed E-state index contributed by atoms with van der Waals surface area (Å²) in [7, 11) is 0. The standard InChI is InChI=1S/C16H13ClN4O2/c1-2-21-15-13(7-6-12(19-15)9-18-23)14(20-16(21)22)10-4-3-5-11(17)8-10/h3-9,23H,2H2,1H3. The molecule has 0 aliphatic carbocycles. The number of aromatic nitrogens is 3. The molecule has 0 aliphatic rings. The molecule has 0 spiro atoms. The molecule has 116 valence electrons. The monoisotopic (exact) mass is 328 g/mol. The molecule has 6 nitrogen and oxygen atoms in total. The van der Waals surface area contributed by atoms with Gasteiger partial charge in [0.15, 0.2) is 0 Å². The van der Waals surface area contributed by atoms with Gasteiger partial charge >= 0.3 is 5.69 Å². The summed E-state index contributed by atoms with van der Waals surface area (Å²) in [6.45, 7) is 2.28. The fourth-order valence-corrected chi connectivity index (χ4v) is 2.62. The SMILES string of the molecule is CCn1c(=O)nc(-c2cccc(Cl)c2)c2ccc(C=NO)nc21. The van der Waals surface area contributed by atoms with Crippen molar-refractivity contribution in [3.05, 3.63) is 57.6 Å². The molecule has 2 aromatic heterocycles. The lowest BCUT2D eigenvalue weighted by molar-refractivity contribution is 0.321. The molecule has 0 radical (unpaired) electrons. The van der Waals surface area contributed by atoms with E-state index in [0.29, 0.717) is 28.6 Å². The number of pyridine rings is 1. The van der Waals surface area contributed by atoms with Gasteiger partial charge in [0.2, 0.25) is 0 Å².